The van der Waals surface area contributed by atoms with E-state index in [1.54, 1.807) is 25.4 Å². The second-order valence-corrected chi connectivity index (χ2v) is 7.14. The molecule has 0 amide bonds. The second-order valence-electron chi connectivity index (χ2n) is 6.36. The fraction of sp³-hybridized carbons (Fsp3) is 0.450. The van der Waals surface area contributed by atoms with Crippen LogP contribution in [0.3, 0.4) is 0 Å². The first-order valence-electron chi connectivity index (χ1n) is 8.95. The van der Waals surface area contributed by atoms with E-state index in [9.17, 15) is 5.11 Å². The number of nitrogens with one attached hydrogen (secondary N) is 2. The highest BCUT2D eigenvalue weighted by Gasteiger charge is 2.23. The summed E-state index contributed by atoms with van der Waals surface area (Å²) in [6, 6.07) is 10.1. The minimum absolute atomic E-state index is 0. The monoisotopic (exact) mass is 503 g/mol. The molecular weight excluding hydrogens is 473 g/mol. The molecule has 1 unspecified atom stereocenters. The molecule has 0 aliphatic rings. The molecule has 2 rings (SSSR count). The van der Waals surface area contributed by atoms with Crippen LogP contribution in [0.15, 0.2) is 46.1 Å². The van der Waals surface area contributed by atoms with Crippen LogP contribution in [0, 0.1) is 0 Å². The Balaban J connectivity index is 0.00000364. The predicted molar refractivity (Wildman–Crippen MR) is 125 cm³/mol. The first kappa shape index (κ1) is 23.7. The fourth-order valence-electron chi connectivity index (χ4n) is 2.53. The number of benzene rings is 1. The van der Waals surface area contributed by atoms with Crippen molar-refractivity contribution in [2.75, 3.05) is 26.7 Å². The summed E-state index contributed by atoms with van der Waals surface area (Å²) >= 11 is 1.58. The fourth-order valence-corrected chi connectivity index (χ4v) is 3.31. The number of guanidine groups is 1. The standard InChI is InChI=1S/C20H29N3O2S.HI/c1-4-21-19(23-15-20(2,24)17-11-13-26-14-17)22-12-5-6-16-7-9-18(25-3)10-8-16;/h7-11,13-14,24H,4-6,12,15H2,1-3H3,(H2,21,22,23);1H. The molecule has 5 nitrogen and oxygen atoms in total. The molecule has 2 aromatic rings. The number of aliphatic hydroxyl groups is 1. The lowest BCUT2D eigenvalue weighted by Crippen LogP contribution is -2.39. The maximum atomic E-state index is 10.6. The van der Waals surface area contributed by atoms with E-state index in [-0.39, 0.29) is 24.0 Å². The Hall–Kier alpha value is -1.32. The number of methoxy groups -OCH3 is 1. The van der Waals surface area contributed by atoms with Gasteiger partial charge in [0.15, 0.2) is 5.96 Å². The second kappa shape index (κ2) is 12.2. The molecule has 0 saturated heterocycles. The molecule has 3 N–H and O–H groups in total. The van der Waals surface area contributed by atoms with Gasteiger partial charge >= 0.3 is 0 Å². The molecule has 1 aromatic heterocycles. The number of ether oxygens (including phenoxy) is 1. The van der Waals surface area contributed by atoms with Crippen LogP contribution in [0.5, 0.6) is 5.75 Å². The Labute approximate surface area is 183 Å². The van der Waals surface area contributed by atoms with Crippen molar-refractivity contribution in [3.8, 4) is 5.75 Å². The first-order valence-corrected chi connectivity index (χ1v) is 9.89. The van der Waals surface area contributed by atoms with Gasteiger partial charge < -0.3 is 20.5 Å². The van der Waals surface area contributed by atoms with Crippen molar-refractivity contribution in [1.29, 1.82) is 0 Å². The molecule has 0 aliphatic carbocycles. The van der Waals surface area contributed by atoms with Crippen molar-refractivity contribution < 1.29 is 9.84 Å². The SMILES string of the molecule is CCNC(=NCC(C)(O)c1ccsc1)NCCCc1ccc(OC)cc1.I. The lowest BCUT2D eigenvalue weighted by Gasteiger charge is -2.21. The van der Waals surface area contributed by atoms with E-state index < -0.39 is 5.60 Å². The average Bonchev–Trinajstić information content (AvgIpc) is 3.19. The van der Waals surface area contributed by atoms with Crippen molar-refractivity contribution in [3.63, 3.8) is 0 Å². The third-order valence-electron chi connectivity index (χ3n) is 4.13. The van der Waals surface area contributed by atoms with Crippen LogP contribution in [0.25, 0.3) is 0 Å². The van der Waals surface area contributed by atoms with Gasteiger partial charge in [-0.3, -0.25) is 0 Å². The first-order chi connectivity index (χ1) is 12.5. The zero-order chi connectivity index (χ0) is 18.8. The number of hydrogen-bond acceptors (Lipinski definition) is 4. The summed E-state index contributed by atoms with van der Waals surface area (Å²) in [5.74, 6) is 1.61. The highest BCUT2D eigenvalue weighted by molar-refractivity contribution is 14.0. The van der Waals surface area contributed by atoms with E-state index in [0.29, 0.717) is 6.54 Å². The van der Waals surface area contributed by atoms with Crippen LogP contribution in [0.1, 0.15) is 31.4 Å². The number of hydrogen-bond donors (Lipinski definition) is 3. The number of nitrogens with zero attached hydrogens (tertiary/aromatic N) is 1. The number of halogens is 1. The molecule has 150 valence electrons. The van der Waals surface area contributed by atoms with Crippen LogP contribution < -0.4 is 15.4 Å². The summed E-state index contributed by atoms with van der Waals surface area (Å²) in [7, 11) is 1.68. The molecule has 0 bridgehead atoms. The van der Waals surface area contributed by atoms with E-state index in [1.165, 1.54) is 5.56 Å². The summed E-state index contributed by atoms with van der Waals surface area (Å²) in [4.78, 5) is 4.54. The van der Waals surface area contributed by atoms with Gasteiger partial charge in [0.2, 0.25) is 0 Å². The molecule has 27 heavy (non-hydrogen) atoms. The van der Waals surface area contributed by atoms with E-state index >= 15 is 0 Å². The van der Waals surface area contributed by atoms with Gasteiger partial charge in [-0.15, -0.1) is 24.0 Å². The van der Waals surface area contributed by atoms with E-state index in [2.05, 4.69) is 27.8 Å². The normalized spacial score (nSPS) is 13.4. The molecular formula is C20H30IN3O2S. The Bertz CT molecular complexity index is 673. The maximum Gasteiger partial charge on any atom is 0.191 e. The van der Waals surface area contributed by atoms with Gasteiger partial charge in [0.25, 0.3) is 0 Å². The lowest BCUT2D eigenvalue weighted by molar-refractivity contribution is 0.0677. The molecule has 0 radical (unpaired) electrons. The minimum Gasteiger partial charge on any atom is -0.497 e. The van der Waals surface area contributed by atoms with Gasteiger partial charge in [-0.1, -0.05) is 12.1 Å². The zero-order valence-electron chi connectivity index (χ0n) is 16.2. The highest BCUT2D eigenvalue weighted by Crippen LogP contribution is 2.23. The number of thiophene rings is 1. The summed E-state index contributed by atoms with van der Waals surface area (Å²) in [6.45, 7) is 5.75. The molecule has 0 aliphatic heterocycles. The summed E-state index contributed by atoms with van der Waals surface area (Å²) in [5.41, 5.74) is 1.24. The Kier molecular flexibility index (Phi) is 10.7. The summed E-state index contributed by atoms with van der Waals surface area (Å²) in [5, 5.41) is 21.1. The van der Waals surface area contributed by atoms with Gasteiger partial charge in [-0.25, -0.2) is 4.99 Å². The third-order valence-corrected chi connectivity index (χ3v) is 4.81. The smallest absolute Gasteiger partial charge is 0.191 e. The Morgan fingerprint density at radius 1 is 1.22 bits per heavy atom. The minimum atomic E-state index is -0.953. The van der Waals surface area contributed by atoms with Crippen LogP contribution in [0.4, 0.5) is 0 Å². The van der Waals surface area contributed by atoms with Crippen LogP contribution in [0.2, 0.25) is 0 Å². The highest BCUT2D eigenvalue weighted by atomic mass is 127. The molecule has 1 aromatic carbocycles. The largest absolute Gasteiger partial charge is 0.497 e. The number of aryl methyl sites for hydroxylation is 1. The zero-order valence-corrected chi connectivity index (χ0v) is 19.3. The van der Waals surface area contributed by atoms with Gasteiger partial charge in [0.1, 0.15) is 11.4 Å². The van der Waals surface area contributed by atoms with Crippen molar-refractivity contribution in [1.82, 2.24) is 10.6 Å². The van der Waals surface area contributed by atoms with Crippen molar-refractivity contribution in [2.24, 2.45) is 4.99 Å². The number of rotatable bonds is 9. The maximum absolute atomic E-state index is 10.6. The molecule has 7 heteroatoms. The Morgan fingerprint density at radius 3 is 2.56 bits per heavy atom. The number of aliphatic imine (C=N–C) groups is 1. The molecule has 0 spiro atoms. The molecule has 0 saturated carbocycles. The van der Waals surface area contributed by atoms with E-state index in [1.807, 2.05) is 35.9 Å². The molecule has 1 atom stereocenters. The van der Waals surface area contributed by atoms with Crippen molar-refractivity contribution >= 4 is 41.3 Å². The van der Waals surface area contributed by atoms with Crippen LogP contribution in [-0.4, -0.2) is 37.8 Å². The van der Waals surface area contributed by atoms with E-state index in [4.69, 9.17) is 4.74 Å². The average molecular weight is 503 g/mol. The third kappa shape index (κ3) is 8.06. The molecule has 1 heterocycles. The van der Waals surface area contributed by atoms with Crippen molar-refractivity contribution in [2.45, 2.75) is 32.3 Å². The summed E-state index contributed by atoms with van der Waals surface area (Å²) in [6.07, 6.45) is 1.99. The predicted octanol–water partition coefficient (Wildman–Crippen LogP) is 3.77. The Morgan fingerprint density at radius 2 is 1.96 bits per heavy atom. The molecule has 0 fully saturated rings. The summed E-state index contributed by atoms with van der Waals surface area (Å²) < 4.78 is 5.18. The lowest BCUT2D eigenvalue weighted by atomic mass is 10.00. The van der Waals surface area contributed by atoms with Gasteiger partial charge in [-0.2, -0.15) is 11.3 Å². The van der Waals surface area contributed by atoms with Gasteiger partial charge in [0, 0.05) is 13.1 Å². The van der Waals surface area contributed by atoms with E-state index in [0.717, 1.165) is 43.2 Å². The van der Waals surface area contributed by atoms with Crippen LogP contribution in [-0.2, 0) is 12.0 Å². The van der Waals surface area contributed by atoms with Crippen molar-refractivity contribution in [3.05, 3.63) is 52.2 Å². The topological polar surface area (TPSA) is 65.9 Å². The van der Waals surface area contributed by atoms with Gasteiger partial charge in [0.05, 0.1) is 13.7 Å². The quantitative estimate of drug-likeness (QED) is 0.211. The van der Waals surface area contributed by atoms with Gasteiger partial charge in [-0.05, 0) is 66.8 Å². The van der Waals surface area contributed by atoms with Crippen LogP contribution >= 0.6 is 35.3 Å².